The Kier molecular flexibility index (Phi) is 18.8. The number of quaternary nitrogens is 1. The number of carboxylic acids is 1. The molecule has 3 heterocycles. The summed E-state index contributed by atoms with van der Waals surface area (Å²) in [5, 5.41) is 26.3. The second kappa shape index (κ2) is 26.1. The van der Waals surface area contributed by atoms with Gasteiger partial charge in [-0.3, -0.25) is 19.3 Å². The number of rotatable bonds is 16. The molecule has 10 rings (SSSR count). The molecule has 4 fully saturated rings. The molecule has 13 nitrogen and oxygen atoms in total. The van der Waals surface area contributed by atoms with Gasteiger partial charge in [-0.25, -0.2) is 4.79 Å². The SMILES string of the molecule is CCCCN1C(=O)[C@@H]([C@H](O)C2CCCCC2)NC(=O)C12CCN(Cc1ccc(Oc3ccc(C(=O)O)cc3)cc1)CC2.Cc1ccc(-c2ccc3c(c2)C=C(C(=O)Nc2ccc(C[N+](C)(C)C4CCOCC4)cc2)CCC3)cc1. The monoisotopic (exact) mass is 1070 g/mol. The average molecular weight is 1070 g/mol. The molecule has 3 amide bonds. The fraction of sp³-hybridized carbons (Fsp3) is 0.455. The molecular formula is C66H82N5O8+. The number of amides is 3. The van der Waals surface area contributed by atoms with Crippen LogP contribution < -0.4 is 15.4 Å². The van der Waals surface area contributed by atoms with Gasteiger partial charge in [-0.05, 0) is 153 Å². The largest absolute Gasteiger partial charge is 0.478 e. The number of piperazine rings is 1. The number of nitrogens with zero attached hydrogens (tertiary/aromatic N) is 3. The summed E-state index contributed by atoms with van der Waals surface area (Å²) in [4.78, 5) is 56.0. The third-order valence-electron chi connectivity index (χ3n) is 17.3. The first-order valence-corrected chi connectivity index (χ1v) is 29.0. The first-order valence-electron chi connectivity index (χ1n) is 29.0. The minimum atomic E-state index is -0.975. The van der Waals surface area contributed by atoms with E-state index in [1.165, 1.54) is 46.4 Å². The molecule has 1 saturated carbocycles. The molecule has 13 heteroatoms. The molecule has 418 valence electrons. The van der Waals surface area contributed by atoms with E-state index in [1.54, 1.807) is 12.1 Å². The molecule has 5 aromatic rings. The van der Waals surface area contributed by atoms with Gasteiger partial charge in [-0.1, -0.05) is 98.8 Å². The van der Waals surface area contributed by atoms with Gasteiger partial charge in [0.2, 0.25) is 11.8 Å². The first-order chi connectivity index (χ1) is 38.2. The van der Waals surface area contributed by atoms with E-state index in [-0.39, 0.29) is 29.2 Å². The zero-order valence-electron chi connectivity index (χ0n) is 46.9. The number of ether oxygens (including phenoxy) is 2. The Labute approximate surface area is 467 Å². The Morgan fingerprint density at radius 2 is 1.44 bits per heavy atom. The molecule has 3 saturated heterocycles. The van der Waals surface area contributed by atoms with Crippen LogP contribution in [0.1, 0.15) is 129 Å². The molecule has 1 spiro atoms. The van der Waals surface area contributed by atoms with Crippen molar-refractivity contribution in [2.45, 2.75) is 141 Å². The van der Waals surface area contributed by atoms with Crippen molar-refractivity contribution in [1.29, 1.82) is 0 Å². The Bertz CT molecular complexity index is 2900. The summed E-state index contributed by atoms with van der Waals surface area (Å²) >= 11 is 0. The van der Waals surface area contributed by atoms with Crippen LogP contribution in [0.4, 0.5) is 5.69 Å². The number of aliphatic hydroxyl groups excluding tert-OH is 1. The lowest BCUT2D eigenvalue weighted by Gasteiger charge is -2.52. The Morgan fingerprint density at radius 3 is 2.10 bits per heavy atom. The van der Waals surface area contributed by atoms with Crippen molar-refractivity contribution in [2.24, 2.45) is 5.92 Å². The summed E-state index contributed by atoms with van der Waals surface area (Å²) in [6.07, 6.45) is 14.2. The van der Waals surface area contributed by atoms with Crippen LogP contribution in [-0.2, 0) is 38.6 Å². The maximum atomic E-state index is 13.8. The van der Waals surface area contributed by atoms with Crippen molar-refractivity contribution in [3.8, 4) is 22.6 Å². The zero-order valence-corrected chi connectivity index (χ0v) is 46.9. The number of carbonyl (C=O) groups excluding carboxylic acids is 3. The number of aliphatic hydroxyl groups is 1. The summed E-state index contributed by atoms with van der Waals surface area (Å²) in [5.41, 5.74) is 9.57. The minimum Gasteiger partial charge on any atom is -0.478 e. The number of carbonyl (C=O) groups is 4. The van der Waals surface area contributed by atoms with E-state index in [0.717, 1.165) is 124 Å². The lowest BCUT2D eigenvalue weighted by atomic mass is 9.78. The van der Waals surface area contributed by atoms with Crippen molar-refractivity contribution >= 4 is 35.5 Å². The number of likely N-dealkylation sites (tertiary alicyclic amines) is 1. The second-order valence-electron chi connectivity index (χ2n) is 23.3. The Morgan fingerprint density at radius 1 is 0.797 bits per heavy atom. The van der Waals surface area contributed by atoms with Crippen molar-refractivity contribution in [2.75, 3.05) is 52.3 Å². The highest BCUT2D eigenvalue weighted by Gasteiger charge is 2.55. The highest BCUT2D eigenvalue weighted by atomic mass is 16.5. The standard InChI is InChI=1S/C33H43N3O6.C33H38N2O2/c1-2-3-19-36-30(38)28(29(37)24-7-5-4-6-8-24)34-32(41)33(36)17-20-35(21-18-33)22-23-9-13-26(14-10-23)42-27-15-11-25(12-16-27)31(39)40;1-24-7-11-27(12-8-24)28-14-13-26-5-4-6-29(22-30(26)21-28)33(36)34-31-15-9-25(10-16-31)23-35(2,3)32-17-19-37-20-18-32/h9-16,24,28-29,37H,2-8,17-22H2,1H3,(H,34,41)(H,39,40);7-16,21-22,32H,4-6,17-20,23H2,1-3H3/p+1/t28-,29-;/m1./s1. The summed E-state index contributed by atoms with van der Waals surface area (Å²) in [7, 11) is 4.62. The topological polar surface area (TPSA) is 158 Å². The highest BCUT2D eigenvalue weighted by molar-refractivity contribution is 6.07. The van der Waals surface area contributed by atoms with Crippen molar-refractivity contribution < 1.29 is 43.3 Å². The maximum Gasteiger partial charge on any atom is 0.335 e. The third kappa shape index (κ3) is 14.2. The molecule has 2 aliphatic carbocycles. The predicted molar refractivity (Wildman–Crippen MR) is 311 cm³/mol. The van der Waals surface area contributed by atoms with Crippen LogP contribution >= 0.6 is 0 Å². The van der Waals surface area contributed by atoms with E-state index in [4.69, 9.17) is 14.6 Å². The van der Waals surface area contributed by atoms with Crippen LogP contribution in [0.15, 0.2) is 121 Å². The summed E-state index contributed by atoms with van der Waals surface area (Å²) < 4.78 is 12.4. The number of unbranched alkanes of at least 4 members (excludes halogenated alkanes) is 1. The molecule has 0 unspecified atom stereocenters. The fourth-order valence-electron chi connectivity index (χ4n) is 12.4. The van der Waals surface area contributed by atoms with Gasteiger partial charge in [-0.15, -0.1) is 0 Å². The van der Waals surface area contributed by atoms with E-state index in [2.05, 4.69) is 104 Å². The summed E-state index contributed by atoms with van der Waals surface area (Å²) in [5.74, 6) is 0.0737. The van der Waals surface area contributed by atoms with Gasteiger partial charge in [0.25, 0.3) is 5.91 Å². The van der Waals surface area contributed by atoms with E-state index in [9.17, 15) is 24.3 Å². The van der Waals surface area contributed by atoms with Gasteiger partial charge in [0.15, 0.2) is 0 Å². The molecule has 3 aliphatic heterocycles. The quantitative estimate of drug-likeness (QED) is 0.0706. The van der Waals surface area contributed by atoms with Gasteiger partial charge in [0.05, 0.1) is 45.0 Å². The molecular weight excluding hydrogens is 991 g/mol. The molecule has 0 radical (unpaired) electrons. The van der Waals surface area contributed by atoms with Crippen LogP contribution in [-0.4, -0.2) is 119 Å². The number of benzene rings is 5. The molecule has 4 N–H and O–H groups in total. The van der Waals surface area contributed by atoms with E-state index < -0.39 is 23.7 Å². The molecule has 0 bridgehead atoms. The number of carboxylic acid groups (broad SMARTS) is 1. The van der Waals surface area contributed by atoms with Gasteiger partial charge >= 0.3 is 5.97 Å². The lowest BCUT2D eigenvalue weighted by Crippen LogP contribution is -2.75. The Hall–Kier alpha value is -6.64. The number of hydrogen-bond acceptors (Lipinski definition) is 8. The molecule has 0 aromatic heterocycles. The molecule has 79 heavy (non-hydrogen) atoms. The molecule has 5 aromatic carbocycles. The number of fused-ring (bicyclic) bond motifs is 1. The number of aryl methyl sites for hydroxylation is 2. The fourth-order valence-corrected chi connectivity index (χ4v) is 12.4. The van der Waals surface area contributed by atoms with Crippen LogP contribution in [0, 0.1) is 12.8 Å². The average Bonchev–Trinajstić information content (AvgIpc) is 3.87. The highest BCUT2D eigenvalue weighted by Crippen LogP contribution is 2.37. The predicted octanol–water partition coefficient (Wildman–Crippen LogP) is 11.4. The van der Waals surface area contributed by atoms with Crippen LogP contribution in [0.2, 0.25) is 0 Å². The summed E-state index contributed by atoms with van der Waals surface area (Å²) in [6.45, 7) is 9.54. The summed E-state index contributed by atoms with van der Waals surface area (Å²) in [6, 6.07) is 37.5. The van der Waals surface area contributed by atoms with Crippen molar-refractivity contribution in [3.63, 3.8) is 0 Å². The number of piperidine rings is 1. The van der Waals surface area contributed by atoms with Gasteiger partial charge in [0.1, 0.15) is 29.6 Å². The van der Waals surface area contributed by atoms with E-state index in [0.29, 0.717) is 50.0 Å². The number of nitrogens with one attached hydrogen (secondary N) is 2. The Balaban J connectivity index is 0.000000193. The first kappa shape index (κ1) is 57.1. The van der Waals surface area contributed by atoms with Gasteiger partial charge in [0, 0.05) is 55.8 Å². The lowest BCUT2D eigenvalue weighted by molar-refractivity contribution is -0.929. The maximum absolute atomic E-state index is 13.8. The minimum absolute atomic E-state index is 0.000319. The van der Waals surface area contributed by atoms with Crippen LogP contribution in [0.3, 0.4) is 0 Å². The van der Waals surface area contributed by atoms with Crippen LogP contribution in [0.5, 0.6) is 11.5 Å². The smallest absolute Gasteiger partial charge is 0.335 e. The van der Waals surface area contributed by atoms with Crippen LogP contribution in [0.25, 0.3) is 17.2 Å². The van der Waals surface area contributed by atoms with E-state index in [1.807, 2.05) is 41.3 Å². The normalized spacial score (nSPS) is 19.5. The number of aromatic carboxylic acids is 1. The van der Waals surface area contributed by atoms with Crippen molar-refractivity contribution in [1.82, 2.24) is 15.1 Å². The zero-order chi connectivity index (χ0) is 55.5. The second-order valence-corrected chi connectivity index (χ2v) is 23.3. The number of hydrogen-bond donors (Lipinski definition) is 4. The van der Waals surface area contributed by atoms with Gasteiger partial charge < -0.3 is 39.7 Å². The van der Waals surface area contributed by atoms with Gasteiger partial charge in [-0.2, -0.15) is 0 Å². The molecule has 2 atom stereocenters. The van der Waals surface area contributed by atoms with E-state index >= 15 is 0 Å². The third-order valence-corrected chi connectivity index (χ3v) is 17.3. The number of anilines is 1. The molecule has 5 aliphatic rings. The van der Waals surface area contributed by atoms with Crippen molar-refractivity contribution in [3.05, 3.63) is 154 Å².